The first-order valence-electron chi connectivity index (χ1n) is 8.48. The van der Waals surface area contributed by atoms with Gasteiger partial charge in [-0.05, 0) is 26.1 Å². The average Bonchev–Trinajstić information content (AvgIpc) is 3.06. The van der Waals surface area contributed by atoms with Crippen LogP contribution in [0.5, 0.6) is 0 Å². The fraction of sp³-hybridized carbons (Fsp3) is 0.444. The van der Waals surface area contributed by atoms with Gasteiger partial charge in [0.1, 0.15) is 6.26 Å². The summed E-state index contributed by atoms with van der Waals surface area (Å²) in [6.45, 7) is 2.02. The number of halogens is 3. The maximum absolute atomic E-state index is 12.3. The van der Waals surface area contributed by atoms with E-state index in [4.69, 9.17) is 4.42 Å². The minimum atomic E-state index is -4.20. The Bertz CT molecular complexity index is 740. The summed E-state index contributed by atoms with van der Waals surface area (Å²) in [4.78, 5) is 9.66. The lowest BCUT2D eigenvalue weighted by atomic mass is 10.1. The Hall–Kier alpha value is -2.55. The molecule has 9 heteroatoms. The molecule has 0 aliphatic heterocycles. The van der Waals surface area contributed by atoms with Crippen LogP contribution in [-0.2, 0) is 6.54 Å². The van der Waals surface area contributed by atoms with E-state index in [0.717, 1.165) is 11.1 Å². The Morgan fingerprint density at radius 2 is 1.93 bits per heavy atom. The molecule has 0 saturated carbocycles. The van der Waals surface area contributed by atoms with Gasteiger partial charge < -0.3 is 15.1 Å². The number of hydrogen-bond donors (Lipinski definition) is 2. The number of aromatic nitrogens is 1. The molecular weight excluding hydrogens is 359 g/mol. The van der Waals surface area contributed by atoms with Crippen LogP contribution in [0.25, 0.3) is 11.5 Å². The Kier molecular flexibility index (Phi) is 7.23. The highest BCUT2D eigenvalue weighted by Gasteiger charge is 2.28. The van der Waals surface area contributed by atoms with Crippen LogP contribution in [0.15, 0.2) is 39.9 Å². The van der Waals surface area contributed by atoms with E-state index in [-0.39, 0.29) is 6.54 Å². The molecule has 0 spiro atoms. The molecule has 6 nitrogen and oxygen atoms in total. The van der Waals surface area contributed by atoms with Crippen LogP contribution in [0.1, 0.15) is 11.3 Å². The lowest BCUT2D eigenvalue weighted by Gasteiger charge is -2.19. The molecule has 0 aliphatic rings. The number of hydrogen-bond acceptors (Lipinski definition) is 4. The molecule has 2 aromatic rings. The quantitative estimate of drug-likeness (QED) is 0.569. The van der Waals surface area contributed by atoms with Crippen LogP contribution in [0, 0.1) is 6.92 Å². The standard InChI is InChI=1S/C18H24F3N5O/c1-13-4-6-14(7-5-13)16-25-15(11-27-16)10-24-17(22-2)23-8-9-26(3)12-18(19,20)21/h4-7,11H,8-10,12H2,1-3H3,(H2,22,23,24). The Morgan fingerprint density at radius 1 is 1.22 bits per heavy atom. The molecular formula is C18H24F3N5O. The first kappa shape index (κ1) is 20.8. The third-order valence-electron chi connectivity index (χ3n) is 3.75. The van der Waals surface area contributed by atoms with Crippen molar-refractivity contribution in [2.24, 2.45) is 4.99 Å². The normalized spacial score (nSPS) is 12.5. The smallest absolute Gasteiger partial charge is 0.401 e. The number of alkyl halides is 3. The summed E-state index contributed by atoms with van der Waals surface area (Å²) >= 11 is 0. The van der Waals surface area contributed by atoms with E-state index in [9.17, 15) is 13.2 Å². The molecule has 1 heterocycles. The maximum Gasteiger partial charge on any atom is 0.401 e. The van der Waals surface area contributed by atoms with Crippen molar-refractivity contribution >= 4 is 5.96 Å². The SMILES string of the molecule is CN=C(NCCN(C)CC(F)(F)F)NCc1coc(-c2ccc(C)cc2)n1. The third kappa shape index (κ3) is 7.30. The van der Waals surface area contributed by atoms with Crippen molar-refractivity contribution in [1.82, 2.24) is 20.5 Å². The second kappa shape index (κ2) is 9.40. The molecule has 0 unspecified atom stereocenters. The largest absolute Gasteiger partial charge is 0.444 e. The van der Waals surface area contributed by atoms with Crippen LogP contribution >= 0.6 is 0 Å². The summed E-state index contributed by atoms with van der Waals surface area (Å²) in [5, 5.41) is 6.03. The van der Waals surface area contributed by atoms with E-state index in [0.29, 0.717) is 30.6 Å². The highest BCUT2D eigenvalue weighted by atomic mass is 19.4. The van der Waals surface area contributed by atoms with E-state index in [2.05, 4.69) is 20.6 Å². The van der Waals surface area contributed by atoms with Gasteiger partial charge in [-0.2, -0.15) is 13.2 Å². The number of oxazole rings is 1. The van der Waals surface area contributed by atoms with Crippen LogP contribution in [-0.4, -0.2) is 55.7 Å². The lowest BCUT2D eigenvalue weighted by Crippen LogP contribution is -2.42. The van der Waals surface area contributed by atoms with Gasteiger partial charge in [0.15, 0.2) is 5.96 Å². The van der Waals surface area contributed by atoms with Crippen molar-refractivity contribution in [2.45, 2.75) is 19.6 Å². The maximum atomic E-state index is 12.3. The van der Waals surface area contributed by atoms with Crippen LogP contribution in [0.2, 0.25) is 0 Å². The highest BCUT2D eigenvalue weighted by molar-refractivity contribution is 5.79. The summed E-state index contributed by atoms with van der Waals surface area (Å²) in [6.07, 6.45) is -2.64. The minimum Gasteiger partial charge on any atom is -0.444 e. The number of guanidine groups is 1. The van der Waals surface area contributed by atoms with Crippen molar-refractivity contribution in [1.29, 1.82) is 0 Å². The van der Waals surface area contributed by atoms with Gasteiger partial charge in [0.05, 0.1) is 18.8 Å². The zero-order chi connectivity index (χ0) is 19.9. The van der Waals surface area contributed by atoms with Crippen LogP contribution < -0.4 is 10.6 Å². The molecule has 27 heavy (non-hydrogen) atoms. The summed E-state index contributed by atoms with van der Waals surface area (Å²) in [6, 6.07) is 7.85. The van der Waals surface area contributed by atoms with E-state index < -0.39 is 12.7 Å². The zero-order valence-corrected chi connectivity index (χ0v) is 15.6. The molecule has 0 radical (unpaired) electrons. The zero-order valence-electron chi connectivity index (χ0n) is 15.6. The van der Waals surface area contributed by atoms with Gasteiger partial charge in [-0.15, -0.1) is 0 Å². The summed E-state index contributed by atoms with van der Waals surface area (Å²) in [7, 11) is 3.02. The summed E-state index contributed by atoms with van der Waals surface area (Å²) < 4.78 is 42.4. The van der Waals surface area contributed by atoms with E-state index >= 15 is 0 Å². The second-order valence-electron chi connectivity index (χ2n) is 6.22. The van der Waals surface area contributed by atoms with Gasteiger partial charge >= 0.3 is 6.18 Å². The molecule has 148 valence electrons. The Labute approximate surface area is 156 Å². The number of aliphatic imine (C=N–C) groups is 1. The highest BCUT2D eigenvalue weighted by Crippen LogP contribution is 2.19. The summed E-state index contributed by atoms with van der Waals surface area (Å²) in [5.41, 5.74) is 2.74. The van der Waals surface area contributed by atoms with Gasteiger partial charge in [0.25, 0.3) is 0 Å². The first-order valence-corrected chi connectivity index (χ1v) is 8.48. The molecule has 0 atom stereocenters. The van der Waals surface area contributed by atoms with Gasteiger partial charge in [-0.25, -0.2) is 4.98 Å². The van der Waals surface area contributed by atoms with Crippen LogP contribution in [0.3, 0.4) is 0 Å². The van der Waals surface area contributed by atoms with Crippen molar-refractivity contribution in [2.75, 3.05) is 33.7 Å². The molecule has 1 aromatic carbocycles. The van der Waals surface area contributed by atoms with Crippen molar-refractivity contribution in [3.05, 3.63) is 41.8 Å². The third-order valence-corrected chi connectivity index (χ3v) is 3.75. The number of benzene rings is 1. The fourth-order valence-corrected chi connectivity index (χ4v) is 2.36. The fourth-order valence-electron chi connectivity index (χ4n) is 2.36. The predicted molar refractivity (Wildman–Crippen MR) is 98.4 cm³/mol. The number of nitrogens with zero attached hydrogens (tertiary/aromatic N) is 3. The van der Waals surface area contributed by atoms with Gasteiger partial charge in [0, 0.05) is 25.7 Å². The van der Waals surface area contributed by atoms with Gasteiger partial charge in [-0.3, -0.25) is 9.89 Å². The average molecular weight is 383 g/mol. The number of rotatable bonds is 7. The second-order valence-corrected chi connectivity index (χ2v) is 6.22. The molecule has 1 aromatic heterocycles. The van der Waals surface area contributed by atoms with Gasteiger partial charge in [0.2, 0.25) is 5.89 Å². The minimum absolute atomic E-state index is 0.238. The molecule has 2 rings (SSSR count). The van der Waals surface area contributed by atoms with Crippen molar-refractivity contribution in [3.8, 4) is 11.5 Å². The lowest BCUT2D eigenvalue weighted by molar-refractivity contribution is -0.142. The molecule has 0 amide bonds. The molecule has 0 fully saturated rings. The van der Waals surface area contributed by atoms with Crippen molar-refractivity contribution < 1.29 is 17.6 Å². The molecule has 0 saturated heterocycles. The topological polar surface area (TPSA) is 65.7 Å². The van der Waals surface area contributed by atoms with E-state index in [1.54, 1.807) is 13.3 Å². The van der Waals surface area contributed by atoms with Gasteiger partial charge in [-0.1, -0.05) is 17.7 Å². The Morgan fingerprint density at radius 3 is 2.56 bits per heavy atom. The van der Waals surface area contributed by atoms with E-state index in [1.165, 1.54) is 11.9 Å². The first-order chi connectivity index (χ1) is 12.8. The predicted octanol–water partition coefficient (Wildman–Crippen LogP) is 2.81. The van der Waals surface area contributed by atoms with Crippen molar-refractivity contribution in [3.63, 3.8) is 0 Å². The number of aryl methyl sites for hydroxylation is 1. The molecule has 2 N–H and O–H groups in total. The van der Waals surface area contributed by atoms with Crippen LogP contribution in [0.4, 0.5) is 13.2 Å². The Balaban J connectivity index is 1.78. The number of nitrogens with one attached hydrogen (secondary N) is 2. The molecule has 0 bridgehead atoms. The monoisotopic (exact) mass is 383 g/mol. The number of likely N-dealkylation sites (N-methyl/N-ethyl adjacent to an activating group) is 1. The van der Waals surface area contributed by atoms with E-state index in [1.807, 2.05) is 31.2 Å². The molecule has 0 aliphatic carbocycles. The summed E-state index contributed by atoms with van der Waals surface area (Å²) in [5.74, 6) is 1.01.